The lowest BCUT2D eigenvalue weighted by molar-refractivity contribution is 0.0984. The van der Waals surface area contributed by atoms with Gasteiger partial charge in [0.15, 0.2) is 5.82 Å². The van der Waals surface area contributed by atoms with Crippen molar-refractivity contribution in [1.82, 2.24) is 25.3 Å². The van der Waals surface area contributed by atoms with Crippen molar-refractivity contribution in [3.63, 3.8) is 0 Å². The van der Waals surface area contributed by atoms with Crippen LogP contribution in [-0.2, 0) is 24.1 Å². The maximum Gasteiger partial charge on any atom is 0.320 e. The molecule has 3 aromatic rings. The minimum atomic E-state index is -0.234. The maximum absolute atomic E-state index is 12.1. The zero-order valence-corrected chi connectivity index (χ0v) is 24.1. The van der Waals surface area contributed by atoms with Gasteiger partial charge in [0.25, 0.3) is 0 Å². The van der Waals surface area contributed by atoms with Crippen LogP contribution in [0.15, 0.2) is 36.7 Å². The lowest BCUT2D eigenvalue weighted by atomic mass is 10.0. The first kappa shape index (κ1) is 26.5. The molecule has 11 heteroatoms. The number of halogens is 1. The standard InChI is InChI=1S/C27H33IN8O2/c1-4-19-13-29-26(30-14-19)35-10-9-22-23(15-35)33-24(34-25(22)36-11-12-38-16-17(36)2)20-5-7-21(8-6-20)32-27(37)31-18(3)28/h5-8,13-14,17-18H,4,9-12,15-16H2,1-3H3,(H2,31,32,37). The maximum atomic E-state index is 12.1. The number of fused-ring (bicyclic) bond motifs is 1. The second-order valence-corrected chi connectivity index (χ2v) is 11.5. The highest BCUT2D eigenvalue weighted by Gasteiger charge is 2.29. The van der Waals surface area contributed by atoms with Crippen LogP contribution in [0.2, 0.25) is 0 Å². The van der Waals surface area contributed by atoms with Crippen molar-refractivity contribution in [3.05, 3.63) is 53.5 Å². The Balaban J connectivity index is 1.46. The number of carbonyl (C=O) groups excluding carboxylic acids is 1. The highest BCUT2D eigenvalue weighted by molar-refractivity contribution is 14.1. The van der Waals surface area contributed by atoms with Crippen LogP contribution in [0, 0.1) is 0 Å². The number of ether oxygens (including phenoxy) is 1. The van der Waals surface area contributed by atoms with E-state index >= 15 is 0 Å². The summed E-state index contributed by atoms with van der Waals surface area (Å²) in [6.45, 7) is 9.77. The van der Waals surface area contributed by atoms with E-state index in [0.29, 0.717) is 31.3 Å². The number of benzene rings is 1. The van der Waals surface area contributed by atoms with Crippen molar-refractivity contribution in [2.75, 3.05) is 41.4 Å². The molecular weight excluding hydrogens is 595 g/mol. The first-order chi connectivity index (χ1) is 18.4. The lowest BCUT2D eigenvalue weighted by Gasteiger charge is -2.37. The van der Waals surface area contributed by atoms with E-state index in [2.05, 4.69) is 66.8 Å². The van der Waals surface area contributed by atoms with Gasteiger partial charge in [0.1, 0.15) is 5.82 Å². The van der Waals surface area contributed by atoms with E-state index in [1.807, 2.05) is 43.6 Å². The molecule has 2 aromatic heterocycles. The van der Waals surface area contributed by atoms with Crippen molar-refractivity contribution in [3.8, 4) is 11.4 Å². The molecule has 2 N–H and O–H groups in total. The second-order valence-electron chi connectivity index (χ2n) is 9.62. The highest BCUT2D eigenvalue weighted by Crippen LogP contribution is 2.32. The lowest BCUT2D eigenvalue weighted by Crippen LogP contribution is -2.45. The number of alkyl halides is 1. The number of aryl methyl sites for hydroxylation is 1. The smallest absolute Gasteiger partial charge is 0.320 e. The third kappa shape index (κ3) is 5.98. The summed E-state index contributed by atoms with van der Waals surface area (Å²) in [5.74, 6) is 2.38. The quantitative estimate of drug-likeness (QED) is 0.238. The number of urea groups is 1. The number of nitrogens with zero attached hydrogens (tertiary/aromatic N) is 6. The zero-order valence-electron chi connectivity index (χ0n) is 21.9. The molecule has 0 spiro atoms. The molecule has 200 valence electrons. The van der Waals surface area contributed by atoms with Crippen LogP contribution < -0.4 is 20.4 Å². The molecule has 0 bridgehead atoms. The largest absolute Gasteiger partial charge is 0.377 e. The molecule has 1 saturated heterocycles. The average Bonchev–Trinajstić information content (AvgIpc) is 2.92. The van der Waals surface area contributed by atoms with Gasteiger partial charge in [0.05, 0.1) is 35.5 Å². The number of rotatable bonds is 6. The van der Waals surface area contributed by atoms with Gasteiger partial charge in [-0.25, -0.2) is 24.7 Å². The van der Waals surface area contributed by atoms with E-state index in [1.165, 1.54) is 5.56 Å². The summed E-state index contributed by atoms with van der Waals surface area (Å²) in [6, 6.07) is 7.64. The van der Waals surface area contributed by atoms with Crippen molar-refractivity contribution in [2.45, 2.75) is 50.2 Å². The fourth-order valence-corrected chi connectivity index (χ4v) is 5.02. The molecule has 2 unspecified atom stereocenters. The van der Waals surface area contributed by atoms with Crippen LogP contribution in [0.5, 0.6) is 0 Å². The molecule has 1 aromatic carbocycles. The van der Waals surface area contributed by atoms with E-state index in [0.717, 1.165) is 54.5 Å². The van der Waals surface area contributed by atoms with Crippen molar-refractivity contribution in [2.24, 2.45) is 0 Å². The zero-order chi connectivity index (χ0) is 26.6. The molecule has 0 saturated carbocycles. The first-order valence-electron chi connectivity index (χ1n) is 13.0. The molecule has 38 heavy (non-hydrogen) atoms. The molecule has 1 fully saturated rings. The molecule has 10 nitrogen and oxygen atoms in total. The Bertz CT molecular complexity index is 1270. The molecule has 2 amide bonds. The number of amides is 2. The molecule has 0 radical (unpaired) electrons. The Morgan fingerprint density at radius 2 is 1.95 bits per heavy atom. The second kappa shape index (κ2) is 11.8. The molecule has 2 aliphatic heterocycles. The predicted molar refractivity (Wildman–Crippen MR) is 157 cm³/mol. The molecule has 4 heterocycles. The number of nitrogens with one attached hydrogen (secondary N) is 2. The highest BCUT2D eigenvalue weighted by atomic mass is 127. The molecule has 2 aliphatic rings. The van der Waals surface area contributed by atoms with Crippen LogP contribution in [0.3, 0.4) is 0 Å². The van der Waals surface area contributed by atoms with Gasteiger partial charge in [-0.05, 0) is 56.5 Å². The van der Waals surface area contributed by atoms with Gasteiger partial charge in [-0.1, -0.05) is 29.5 Å². The van der Waals surface area contributed by atoms with E-state index < -0.39 is 0 Å². The minimum Gasteiger partial charge on any atom is -0.377 e. The SMILES string of the molecule is CCc1cnc(N2CCc3c(nc(-c4ccc(NC(=O)NC(C)I)cc4)nc3N3CCOCC3C)C2)nc1. The van der Waals surface area contributed by atoms with Crippen molar-refractivity contribution >= 4 is 46.1 Å². The van der Waals surface area contributed by atoms with E-state index in [1.54, 1.807) is 0 Å². The molecule has 0 aliphatic carbocycles. The van der Waals surface area contributed by atoms with Gasteiger partial charge < -0.3 is 25.2 Å². The van der Waals surface area contributed by atoms with Gasteiger partial charge in [0, 0.05) is 42.3 Å². The minimum absolute atomic E-state index is 0.0336. The van der Waals surface area contributed by atoms with Crippen LogP contribution in [-0.4, -0.2) is 62.4 Å². The summed E-state index contributed by atoms with van der Waals surface area (Å²) in [5.41, 5.74) is 4.91. The summed E-state index contributed by atoms with van der Waals surface area (Å²) in [4.78, 5) is 36.0. The Hall–Kier alpha value is -3.06. The summed E-state index contributed by atoms with van der Waals surface area (Å²) in [5, 5.41) is 5.69. The number of morpholine rings is 1. The van der Waals surface area contributed by atoms with Gasteiger partial charge in [0.2, 0.25) is 5.95 Å². The number of aromatic nitrogens is 4. The molecule has 5 rings (SSSR count). The fraction of sp³-hybridized carbons (Fsp3) is 0.444. The summed E-state index contributed by atoms with van der Waals surface area (Å²) in [7, 11) is 0. The van der Waals surface area contributed by atoms with Gasteiger partial charge in [-0.2, -0.15) is 0 Å². The number of hydrogen-bond donors (Lipinski definition) is 2. The topological polar surface area (TPSA) is 108 Å². The molecule has 2 atom stereocenters. The van der Waals surface area contributed by atoms with Gasteiger partial charge in [-0.3, -0.25) is 0 Å². The third-order valence-corrected chi connectivity index (χ3v) is 7.11. The number of anilines is 3. The first-order valence-corrected chi connectivity index (χ1v) is 14.3. The number of hydrogen-bond acceptors (Lipinski definition) is 8. The fourth-order valence-electron chi connectivity index (χ4n) is 4.73. The Kier molecular flexibility index (Phi) is 8.22. The van der Waals surface area contributed by atoms with E-state index in [4.69, 9.17) is 14.7 Å². The summed E-state index contributed by atoms with van der Waals surface area (Å²) in [6.07, 6.45) is 5.54. The van der Waals surface area contributed by atoms with Crippen LogP contribution in [0.25, 0.3) is 11.4 Å². The monoisotopic (exact) mass is 628 g/mol. The van der Waals surface area contributed by atoms with E-state index in [9.17, 15) is 4.79 Å². The van der Waals surface area contributed by atoms with Crippen molar-refractivity contribution < 1.29 is 9.53 Å². The van der Waals surface area contributed by atoms with Crippen molar-refractivity contribution in [1.29, 1.82) is 0 Å². The van der Waals surface area contributed by atoms with Gasteiger partial charge in [-0.15, -0.1) is 0 Å². The summed E-state index contributed by atoms with van der Waals surface area (Å²) >= 11 is 2.15. The molecular formula is C27H33IN8O2. The third-order valence-electron chi connectivity index (χ3n) is 6.80. The summed E-state index contributed by atoms with van der Waals surface area (Å²) < 4.78 is 5.74. The average molecular weight is 629 g/mol. The Morgan fingerprint density at radius 1 is 1.18 bits per heavy atom. The van der Waals surface area contributed by atoms with E-state index in [-0.39, 0.29) is 16.1 Å². The number of carbonyl (C=O) groups is 1. The van der Waals surface area contributed by atoms with Crippen LogP contribution >= 0.6 is 22.6 Å². The van der Waals surface area contributed by atoms with Crippen LogP contribution in [0.1, 0.15) is 37.6 Å². The van der Waals surface area contributed by atoms with Crippen LogP contribution in [0.4, 0.5) is 22.2 Å². The Morgan fingerprint density at radius 3 is 2.63 bits per heavy atom. The predicted octanol–water partition coefficient (Wildman–Crippen LogP) is 4.19. The Labute approximate surface area is 236 Å². The normalized spacial score (nSPS) is 18.1. The van der Waals surface area contributed by atoms with Gasteiger partial charge >= 0.3 is 6.03 Å².